The molecule has 2 aromatic rings. The molecule has 0 radical (unpaired) electrons. The molecule has 0 unspecified atom stereocenters. The Hall–Kier alpha value is -1.23. The Kier molecular flexibility index (Phi) is 9.28. The predicted octanol–water partition coefficient (Wildman–Crippen LogP) is 6.60. The van der Waals surface area contributed by atoms with Crippen LogP contribution in [0.4, 0.5) is 5.69 Å². The highest BCUT2D eigenvalue weighted by atomic mass is 35.5. The zero-order valence-corrected chi connectivity index (χ0v) is 15.1. The van der Waals surface area contributed by atoms with Crippen molar-refractivity contribution in [3.8, 4) is 11.6 Å². The maximum Gasteiger partial charge on any atom is 0.239 e. The van der Waals surface area contributed by atoms with Gasteiger partial charge in [0.05, 0.1) is 10.0 Å². The van der Waals surface area contributed by atoms with Gasteiger partial charge in [0.15, 0.2) is 10.9 Å². The summed E-state index contributed by atoms with van der Waals surface area (Å²) >= 11 is 18.1. The fourth-order valence-electron chi connectivity index (χ4n) is 1.61. The van der Waals surface area contributed by atoms with Crippen LogP contribution in [-0.2, 0) is 0 Å². The molecule has 1 aromatic carbocycles. The number of ether oxygens (including phenoxy) is 1. The summed E-state index contributed by atoms with van der Waals surface area (Å²) in [6.45, 7) is 7.99. The molecule has 0 amide bonds. The number of nitrogens with two attached hydrogens (primary N) is 1. The summed E-state index contributed by atoms with van der Waals surface area (Å²) in [6.07, 6.45) is 0. The maximum absolute atomic E-state index is 6.05. The van der Waals surface area contributed by atoms with Crippen molar-refractivity contribution < 1.29 is 4.74 Å². The lowest BCUT2D eigenvalue weighted by molar-refractivity contribution is 0.454. The van der Waals surface area contributed by atoms with Crippen LogP contribution < -0.4 is 10.5 Å². The molecule has 0 aliphatic heterocycles. The molecule has 128 valence electrons. The lowest BCUT2D eigenvalue weighted by Crippen LogP contribution is -1.98. The van der Waals surface area contributed by atoms with E-state index in [1.807, 2.05) is 27.7 Å². The molecule has 0 spiro atoms. The van der Waals surface area contributed by atoms with Crippen molar-refractivity contribution in [1.82, 2.24) is 10.2 Å². The number of nitrogen functional groups attached to an aromatic ring is 1. The van der Waals surface area contributed by atoms with E-state index in [9.17, 15) is 0 Å². The first-order valence-electron chi connectivity index (χ1n) is 6.84. The van der Waals surface area contributed by atoms with Gasteiger partial charge in [0.2, 0.25) is 5.88 Å². The van der Waals surface area contributed by atoms with Crippen LogP contribution in [0.3, 0.4) is 0 Å². The van der Waals surface area contributed by atoms with Gasteiger partial charge in [-0.1, -0.05) is 69.9 Å². The minimum Gasteiger partial charge on any atom is -0.434 e. The summed E-state index contributed by atoms with van der Waals surface area (Å²) in [4.78, 5) is 0. The molecular weight excluding hydrogens is 357 g/mol. The summed E-state index contributed by atoms with van der Waals surface area (Å²) in [5.74, 6) is 0.748. The molecule has 0 atom stereocenters. The molecular formula is C16H22Cl3N3O. The van der Waals surface area contributed by atoms with Crippen LogP contribution in [0.2, 0.25) is 15.2 Å². The minimum absolute atomic E-state index is 0. The SMILES string of the molecule is C.CC.CC(C)c1cc(Oc2c(Cl)cc(N)cc2Cl)nnc1Cl. The van der Waals surface area contributed by atoms with E-state index in [1.165, 1.54) is 0 Å². The number of anilines is 1. The molecule has 0 aliphatic rings. The van der Waals surface area contributed by atoms with E-state index in [2.05, 4.69) is 10.2 Å². The molecule has 0 fully saturated rings. The van der Waals surface area contributed by atoms with Crippen LogP contribution in [0.5, 0.6) is 11.6 Å². The smallest absolute Gasteiger partial charge is 0.239 e. The third-order valence-corrected chi connectivity index (χ3v) is 3.46. The van der Waals surface area contributed by atoms with E-state index < -0.39 is 0 Å². The summed E-state index contributed by atoms with van der Waals surface area (Å²) in [5, 5.41) is 8.68. The molecule has 7 heteroatoms. The fourth-order valence-corrected chi connectivity index (χ4v) is 2.50. The fraction of sp³-hybridized carbons (Fsp3) is 0.375. The summed E-state index contributed by atoms with van der Waals surface area (Å²) in [6, 6.07) is 4.81. The standard InChI is InChI=1S/C13H12Cl3N3O.C2H6.CH4/c1-6(2)8-5-11(18-19-13(8)16)20-12-9(14)3-7(17)4-10(12)15;1-2;/h3-6H,17H2,1-2H3;1-2H3;1H4. The number of rotatable bonds is 3. The largest absolute Gasteiger partial charge is 0.434 e. The lowest BCUT2D eigenvalue weighted by Gasteiger charge is -2.11. The highest BCUT2D eigenvalue weighted by Crippen LogP contribution is 2.38. The molecule has 4 nitrogen and oxygen atoms in total. The summed E-state index contributed by atoms with van der Waals surface area (Å²) < 4.78 is 5.59. The maximum atomic E-state index is 6.05. The van der Waals surface area contributed by atoms with Gasteiger partial charge in [0, 0.05) is 11.8 Å². The van der Waals surface area contributed by atoms with Crippen LogP contribution in [0.1, 0.15) is 46.6 Å². The van der Waals surface area contributed by atoms with Gasteiger partial charge < -0.3 is 10.5 Å². The highest BCUT2D eigenvalue weighted by molar-refractivity contribution is 6.37. The van der Waals surface area contributed by atoms with E-state index >= 15 is 0 Å². The molecule has 1 heterocycles. The van der Waals surface area contributed by atoms with Crippen LogP contribution in [-0.4, -0.2) is 10.2 Å². The van der Waals surface area contributed by atoms with Crippen molar-refractivity contribution in [3.05, 3.63) is 39.0 Å². The molecule has 23 heavy (non-hydrogen) atoms. The van der Waals surface area contributed by atoms with Gasteiger partial charge in [0.1, 0.15) is 0 Å². The molecule has 0 aliphatic carbocycles. The molecule has 0 saturated carbocycles. The zero-order chi connectivity index (χ0) is 16.9. The number of halogens is 3. The average molecular weight is 379 g/mol. The third-order valence-electron chi connectivity index (χ3n) is 2.60. The Balaban J connectivity index is 0.00000155. The summed E-state index contributed by atoms with van der Waals surface area (Å²) in [5.41, 5.74) is 6.92. The van der Waals surface area contributed by atoms with Gasteiger partial charge in [0.25, 0.3) is 0 Å². The van der Waals surface area contributed by atoms with Crippen LogP contribution >= 0.6 is 34.8 Å². The average Bonchev–Trinajstić information content (AvgIpc) is 2.46. The quantitative estimate of drug-likeness (QED) is 0.611. The van der Waals surface area contributed by atoms with E-state index in [-0.39, 0.29) is 25.0 Å². The van der Waals surface area contributed by atoms with Crippen molar-refractivity contribution in [2.24, 2.45) is 0 Å². The monoisotopic (exact) mass is 377 g/mol. The second-order valence-corrected chi connectivity index (χ2v) is 5.67. The zero-order valence-electron chi connectivity index (χ0n) is 12.8. The van der Waals surface area contributed by atoms with E-state index in [0.717, 1.165) is 5.56 Å². The molecule has 2 N–H and O–H groups in total. The number of benzene rings is 1. The minimum atomic E-state index is 0. The van der Waals surface area contributed by atoms with E-state index in [0.29, 0.717) is 20.9 Å². The third kappa shape index (κ3) is 5.72. The first-order chi connectivity index (χ1) is 10.4. The van der Waals surface area contributed by atoms with Crippen LogP contribution in [0.25, 0.3) is 0 Å². The number of aromatic nitrogens is 2. The number of hydrogen-bond donors (Lipinski definition) is 1. The molecule has 2 rings (SSSR count). The predicted molar refractivity (Wildman–Crippen MR) is 100 cm³/mol. The molecule has 0 saturated heterocycles. The normalized spacial score (nSPS) is 9.74. The number of nitrogens with zero attached hydrogens (tertiary/aromatic N) is 2. The number of hydrogen-bond acceptors (Lipinski definition) is 4. The van der Waals surface area contributed by atoms with Crippen LogP contribution in [0, 0.1) is 0 Å². The first kappa shape index (κ1) is 21.8. The van der Waals surface area contributed by atoms with Crippen molar-refractivity contribution >= 4 is 40.5 Å². The van der Waals surface area contributed by atoms with Gasteiger partial charge in [-0.3, -0.25) is 0 Å². The topological polar surface area (TPSA) is 61.0 Å². The van der Waals surface area contributed by atoms with Gasteiger partial charge in [-0.2, -0.15) is 0 Å². The second kappa shape index (κ2) is 9.81. The van der Waals surface area contributed by atoms with E-state index in [4.69, 9.17) is 45.3 Å². The highest BCUT2D eigenvalue weighted by Gasteiger charge is 2.14. The van der Waals surface area contributed by atoms with Gasteiger partial charge in [-0.05, 0) is 23.6 Å². The molecule has 0 bridgehead atoms. The Morgan fingerprint density at radius 3 is 2.00 bits per heavy atom. The Bertz CT molecular complexity index is 625. The van der Waals surface area contributed by atoms with Gasteiger partial charge in [-0.15, -0.1) is 10.2 Å². The van der Waals surface area contributed by atoms with Gasteiger partial charge >= 0.3 is 0 Å². The lowest BCUT2D eigenvalue weighted by atomic mass is 10.1. The van der Waals surface area contributed by atoms with Gasteiger partial charge in [-0.25, -0.2) is 0 Å². The van der Waals surface area contributed by atoms with E-state index in [1.54, 1.807) is 18.2 Å². The molecule has 1 aromatic heterocycles. The van der Waals surface area contributed by atoms with Crippen molar-refractivity contribution in [2.75, 3.05) is 5.73 Å². The first-order valence-corrected chi connectivity index (χ1v) is 7.97. The van der Waals surface area contributed by atoms with Crippen molar-refractivity contribution in [3.63, 3.8) is 0 Å². The Morgan fingerprint density at radius 2 is 1.52 bits per heavy atom. The second-order valence-electron chi connectivity index (χ2n) is 4.50. The van der Waals surface area contributed by atoms with Crippen molar-refractivity contribution in [2.45, 2.75) is 41.0 Å². The Morgan fingerprint density at radius 1 is 1.00 bits per heavy atom. The van der Waals surface area contributed by atoms with Crippen LogP contribution in [0.15, 0.2) is 18.2 Å². The Labute approximate surface area is 152 Å². The summed E-state index contributed by atoms with van der Waals surface area (Å²) in [7, 11) is 0. The van der Waals surface area contributed by atoms with Crippen molar-refractivity contribution in [1.29, 1.82) is 0 Å².